The number of hydrogen-bond acceptors (Lipinski definition) is 4. The average Bonchev–Trinajstić information content (AvgIpc) is 2.81. The van der Waals surface area contributed by atoms with Gasteiger partial charge in [-0.05, 0) is 25.5 Å². The van der Waals surface area contributed by atoms with E-state index in [2.05, 4.69) is 41.1 Å². The van der Waals surface area contributed by atoms with E-state index < -0.39 is 0 Å². The van der Waals surface area contributed by atoms with Gasteiger partial charge in [0.05, 0.1) is 5.69 Å². The van der Waals surface area contributed by atoms with E-state index in [1.807, 2.05) is 13.0 Å². The summed E-state index contributed by atoms with van der Waals surface area (Å²) in [5.41, 5.74) is 8.01. The molecule has 2 rings (SSSR count). The van der Waals surface area contributed by atoms with Gasteiger partial charge in [-0.15, -0.1) is 0 Å². The fraction of sp³-hybridized carbons (Fsp3) is 0.400. The zero-order valence-corrected chi connectivity index (χ0v) is 12.4. The van der Waals surface area contributed by atoms with Crippen molar-refractivity contribution in [1.29, 1.82) is 0 Å². The maximum atomic E-state index is 5.75. The third-order valence-corrected chi connectivity index (χ3v) is 4.30. The average molecular weight is 275 g/mol. The highest BCUT2D eigenvalue weighted by atomic mass is 32.1. The minimum atomic E-state index is 0.569. The molecule has 0 fully saturated rings. The molecule has 1 aromatic heterocycles. The Kier molecular flexibility index (Phi) is 4.93. The minimum Gasteiger partial charge on any atom is -0.326 e. The van der Waals surface area contributed by atoms with Gasteiger partial charge in [-0.2, -0.15) is 0 Å². The first-order valence-corrected chi connectivity index (χ1v) is 7.56. The molecule has 0 aliphatic carbocycles. The number of aryl methyl sites for hydroxylation is 1. The van der Waals surface area contributed by atoms with E-state index in [1.165, 1.54) is 17.0 Å². The Bertz CT molecular complexity index is 507. The molecule has 0 unspecified atom stereocenters. The Morgan fingerprint density at radius 3 is 2.58 bits per heavy atom. The van der Waals surface area contributed by atoms with Crippen LogP contribution in [0.15, 0.2) is 30.3 Å². The maximum Gasteiger partial charge on any atom is 0.190 e. The largest absolute Gasteiger partial charge is 0.326 e. The van der Waals surface area contributed by atoms with Crippen LogP contribution in [0.4, 0.5) is 10.8 Å². The summed E-state index contributed by atoms with van der Waals surface area (Å²) in [6.45, 7) is 5.81. The summed E-state index contributed by atoms with van der Waals surface area (Å²) in [5.74, 6) is 0. The third-order valence-electron chi connectivity index (χ3n) is 3.10. The fourth-order valence-corrected chi connectivity index (χ4v) is 2.96. The maximum absolute atomic E-state index is 5.75. The zero-order valence-electron chi connectivity index (χ0n) is 11.6. The molecule has 2 N–H and O–H groups in total. The molecule has 0 saturated heterocycles. The van der Waals surface area contributed by atoms with Gasteiger partial charge in [0.25, 0.3) is 0 Å². The Morgan fingerprint density at radius 2 is 2.00 bits per heavy atom. The number of nitrogens with two attached hydrogens (primary N) is 1. The molecule has 3 nitrogen and oxygen atoms in total. The molecule has 1 aromatic carbocycles. The summed E-state index contributed by atoms with van der Waals surface area (Å²) in [6, 6.07) is 10.4. The quantitative estimate of drug-likeness (QED) is 0.870. The van der Waals surface area contributed by atoms with Crippen LogP contribution in [0, 0.1) is 6.92 Å². The highest BCUT2D eigenvalue weighted by Crippen LogP contribution is 2.31. The molecule has 0 radical (unpaired) electrons. The first kappa shape index (κ1) is 14.0. The molecule has 0 atom stereocenters. The van der Waals surface area contributed by atoms with Crippen LogP contribution >= 0.6 is 11.3 Å². The van der Waals surface area contributed by atoms with Crippen molar-refractivity contribution in [1.82, 2.24) is 4.98 Å². The van der Waals surface area contributed by atoms with Crippen molar-refractivity contribution < 1.29 is 0 Å². The Balaban J connectivity index is 2.31. The predicted octanol–water partition coefficient (Wildman–Crippen LogP) is 3.85. The van der Waals surface area contributed by atoms with E-state index in [0.717, 1.165) is 23.8 Å². The van der Waals surface area contributed by atoms with E-state index in [9.17, 15) is 0 Å². The normalized spacial score (nSPS) is 10.7. The van der Waals surface area contributed by atoms with Crippen LogP contribution < -0.4 is 10.6 Å². The highest BCUT2D eigenvalue weighted by Gasteiger charge is 2.14. The van der Waals surface area contributed by atoms with Crippen LogP contribution in [0.25, 0.3) is 0 Å². The third kappa shape index (κ3) is 3.33. The Labute approximate surface area is 119 Å². The Hall–Kier alpha value is -1.39. The standard InChI is InChI=1S/C15H21N3S/c1-3-4-10-18(13-8-6-5-7-9-13)15-17-12(2)14(11-16)19-15/h5-9H,3-4,10-11,16H2,1-2H3. The predicted molar refractivity (Wildman–Crippen MR) is 83.1 cm³/mol. The molecule has 0 amide bonds. The van der Waals surface area contributed by atoms with Crippen molar-refractivity contribution in [2.45, 2.75) is 33.2 Å². The van der Waals surface area contributed by atoms with E-state index >= 15 is 0 Å². The van der Waals surface area contributed by atoms with Gasteiger partial charge in [0, 0.05) is 23.7 Å². The summed E-state index contributed by atoms with van der Waals surface area (Å²) in [6.07, 6.45) is 2.34. The summed E-state index contributed by atoms with van der Waals surface area (Å²) in [5, 5.41) is 1.05. The molecule has 0 aliphatic rings. The van der Waals surface area contributed by atoms with Gasteiger partial charge < -0.3 is 10.6 Å². The van der Waals surface area contributed by atoms with Crippen molar-refractivity contribution in [2.24, 2.45) is 5.73 Å². The second kappa shape index (κ2) is 6.68. The molecule has 0 bridgehead atoms. The summed E-state index contributed by atoms with van der Waals surface area (Å²) in [7, 11) is 0. The van der Waals surface area contributed by atoms with Gasteiger partial charge in [-0.25, -0.2) is 4.98 Å². The first-order valence-electron chi connectivity index (χ1n) is 6.75. The highest BCUT2D eigenvalue weighted by molar-refractivity contribution is 7.15. The van der Waals surface area contributed by atoms with Crippen LogP contribution in [0.2, 0.25) is 0 Å². The number of benzene rings is 1. The van der Waals surface area contributed by atoms with Gasteiger partial charge >= 0.3 is 0 Å². The van der Waals surface area contributed by atoms with Crippen LogP contribution in [-0.4, -0.2) is 11.5 Å². The number of rotatable bonds is 6. The molecule has 0 spiro atoms. The van der Waals surface area contributed by atoms with Crippen LogP contribution in [0.3, 0.4) is 0 Å². The van der Waals surface area contributed by atoms with Crippen molar-refractivity contribution in [2.75, 3.05) is 11.4 Å². The number of hydrogen-bond donors (Lipinski definition) is 1. The number of anilines is 2. The van der Waals surface area contributed by atoms with E-state index in [4.69, 9.17) is 5.73 Å². The number of para-hydroxylation sites is 1. The SMILES string of the molecule is CCCCN(c1ccccc1)c1nc(C)c(CN)s1. The summed E-state index contributed by atoms with van der Waals surface area (Å²) >= 11 is 1.70. The monoisotopic (exact) mass is 275 g/mol. The molecule has 0 aliphatic heterocycles. The Morgan fingerprint density at radius 1 is 1.26 bits per heavy atom. The smallest absolute Gasteiger partial charge is 0.190 e. The summed E-state index contributed by atoms with van der Waals surface area (Å²) < 4.78 is 0. The van der Waals surface area contributed by atoms with Gasteiger partial charge in [-0.1, -0.05) is 42.9 Å². The van der Waals surface area contributed by atoms with Crippen molar-refractivity contribution in [3.8, 4) is 0 Å². The summed E-state index contributed by atoms with van der Waals surface area (Å²) in [4.78, 5) is 8.14. The zero-order chi connectivity index (χ0) is 13.7. The topological polar surface area (TPSA) is 42.2 Å². The molecule has 4 heteroatoms. The lowest BCUT2D eigenvalue weighted by Crippen LogP contribution is -2.18. The van der Waals surface area contributed by atoms with Crippen LogP contribution in [0.5, 0.6) is 0 Å². The second-order valence-corrected chi connectivity index (χ2v) is 5.61. The lowest BCUT2D eigenvalue weighted by molar-refractivity contribution is 0.783. The number of unbranched alkanes of at least 4 members (excludes halogenated alkanes) is 1. The lowest BCUT2D eigenvalue weighted by Gasteiger charge is -2.21. The van der Waals surface area contributed by atoms with Gasteiger partial charge in [0.2, 0.25) is 0 Å². The van der Waals surface area contributed by atoms with E-state index in [0.29, 0.717) is 6.54 Å². The molecule has 0 saturated carbocycles. The van der Waals surface area contributed by atoms with Crippen molar-refractivity contribution in [3.63, 3.8) is 0 Å². The second-order valence-electron chi connectivity index (χ2n) is 4.55. The van der Waals surface area contributed by atoms with E-state index in [1.54, 1.807) is 11.3 Å². The van der Waals surface area contributed by atoms with Gasteiger partial charge in [0.1, 0.15) is 0 Å². The molecule has 2 aromatic rings. The number of thiazole rings is 1. The molecule has 1 heterocycles. The van der Waals surface area contributed by atoms with Crippen molar-refractivity contribution in [3.05, 3.63) is 40.9 Å². The molecular formula is C15H21N3S. The number of aromatic nitrogens is 1. The van der Waals surface area contributed by atoms with Crippen LogP contribution in [0.1, 0.15) is 30.3 Å². The first-order chi connectivity index (χ1) is 9.26. The van der Waals surface area contributed by atoms with Crippen LogP contribution in [-0.2, 0) is 6.54 Å². The minimum absolute atomic E-state index is 0.569. The molecule has 19 heavy (non-hydrogen) atoms. The van der Waals surface area contributed by atoms with Crippen molar-refractivity contribution >= 4 is 22.2 Å². The van der Waals surface area contributed by atoms with E-state index in [-0.39, 0.29) is 0 Å². The van der Waals surface area contributed by atoms with Gasteiger partial charge in [0.15, 0.2) is 5.13 Å². The number of nitrogens with zero attached hydrogens (tertiary/aromatic N) is 2. The molecular weight excluding hydrogens is 254 g/mol. The van der Waals surface area contributed by atoms with Gasteiger partial charge in [-0.3, -0.25) is 0 Å². The molecule has 102 valence electrons. The lowest BCUT2D eigenvalue weighted by atomic mass is 10.2. The fourth-order valence-electron chi connectivity index (χ4n) is 1.98.